The zero-order valence-corrected chi connectivity index (χ0v) is 15.2. The van der Waals surface area contributed by atoms with Gasteiger partial charge in [0.1, 0.15) is 0 Å². The summed E-state index contributed by atoms with van der Waals surface area (Å²) in [4.78, 5) is 25.1. The molecule has 1 rings (SSSR count). The lowest BCUT2D eigenvalue weighted by Crippen LogP contribution is -2.41. The van der Waals surface area contributed by atoms with Crippen molar-refractivity contribution < 1.29 is 9.59 Å². The van der Waals surface area contributed by atoms with Crippen LogP contribution in [0.25, 0.3) is 0 Å². The van der Waals surface area contributed by atoms with Crippen LogP contribution in [-0.4, -0.2) is 36.3 Å². The number of rotatable bonds is 9. The maximum atomic E-state index is 11.9. The molecule has 2 amide bonds. The zero-order chi connectivity index (χ0) is 17.2. The molecule has 1 aromatic rings. The fourth-order valence-electron chi connectivity index (χ4n) is 2.16. The van der Waals surface area contributed by atoms with Gasteiger partial charge in [-0.2, -0.15) is 0 Å². The Morgan fingerprint density at radius 3 is 2.57 bits per heavy atom. The first-order valence-corrected chi connectivity index (χ1v) is 8.65. The number of halogens is 2. The van der Waals surface area contributed by atoms with E-state index in [1.165, 1.54) is 11.8 Å². The molecular weight excluding hydrogens is 335 g/mol. The van der Waals surface area contributed by atoms with Gasteiger partial charge in [-0.25, -0.2) is 0 Å². The molecular formula is C17H24Cl2N2O2. The van der Waals surface area contributed by atoms with E-state index in [0.717, 1.165) is 24.8 Å². The smallest absolute Gasteiger partial charge is 0.239 e. The predicted molar refractivity (Wildman–Crippen MR) is 95.0 cm³/mol. The molecule has 0 aromatic heterocycles. The van der Waals surface area contributed by atoms with Crippen LogP contribution in [-0.2, 0) is 16.0 Å². The molecule has 1 N–H and O–H groups in total. The monoisotopic (exact) mass is 358 g/mol. The maximum absolute atomic E-state index is 11.9. The molecule has 128 valence electrons. The highest BCUT2D eigenvalue weighted by molar-refractivity contribution is 6.35. The van der Waals surface area contributed by atoms with Crippen molar-refractivity contribution in [2.24, 2.45) is 0 Å². The third-order valence-corrected chi connectivity index (χ3v) is 4.14. The Bertz CT molecular complexity index is 535. The van der Waals surface area contributed by atoms with Crippen LogP contribution in [0.2, 0.25) is 10.0 Å². The lowest BCUT2D eigenvalue weighted by Gasteiger charge is -2.21. The third-order valence-electron chi connectivity index (χ3n) is 3.55. The molecule has 0 spiro atoms. The summed E-state index contributed by atoms with van der Waals surface area (Å²) in [6.07, 6.45) is 3.74. The Kier molecular flexibility index (Phi) is 9.03. The van der Waals surface area contributed by atoms with E-state index in [4.69, 9.17) is 23.2 Å². The molecule has 1 aromatic carbocycles. The van der Waals surface area contributed by atoms with Gasteiger partial charge in [-0.05, 0) is 30.5 Å². The van der Waals surface area contributed by atoms with E-state index < -0.39 is 0 Å². The first kappa shape index (κ1) is 19.8. The van der Waals surface area contributed by atoms with E-state index in [9.17, 15) is 9.59 Å². The van der Waals surface area contributed by atoms with Gasteiger partial charge in [0.15, 0.2) is 0 Å². The Morgan fingerprint density at radius 2 is 1.96 bits per heavy atom. The number of unbranched alkanes of at least 4 members (excludes halogenated alkanes) is 2. The number of nitrogens with one attached hydrogen (secondary N) is 1. The van der Waals surface area contributed by atoms with E-state index in [-0.39, 0.29) is 18.4 Å². The van der Waals surface area contributed by atoms with Crippen molar-refractivity contribution >= 4 is 35.0 Å². The van der Waals surface area contributed by atoms with Crippen molar-refractivity contribution in [1.29, 1.82) is 0 Å². The van der Waals surface area contributed by atoms with Crippen molar-refractivity contribution in [2.45, 2.75) is 39.5 Å². The highest BCUT2D eigenvalue weighted by Gasteiger charge is 2.14. The van der Waals surface area contributed by atoms with Gasteiger partial charge in [0.25, 0.3) is 0 Å². The molecule has 0 aliphatic carbocycles. The van der Waals surface area contributed by atoms with Crippen LogP contribution in [0.4, 0.5) is 0 Å². The van der Waals surface area contributed by atoms with E-state index in [0.29, 0.717) is 29.6 Å². The van der Waals surface area contributed by atoms with Crippen molar-refractivity contribution in [2.75, 3.05) is 19.6 Å². The fourth-order valence-corrected chi connectivity index (χ4v) is 2.66. The van der Waals surface area contributed by atoms with Gasteiger partial charge in [0, 0.05) is 30.1 Å². The molecule has 0 unspecified atom stereocenters. The van der Waals surface area contributed by atoms with Crippen LogP contribution < -0.4 is 5.32 Å². The molecule has 0 heterocycles. The molecule has 0 aliphatic heterocycles. The molecule has 0 radical (unpaired) electrons. The van der Waals surface area contributed by atoms with Gasteiger partial charge in [-0.3, -0.25) is 9.59 Å². The number of nitrogens with zero attached hydrogens (tertiary/aromatic N) is 1. The second kappa shape index (κ2) is 10.5. The van der Waals surface area contributed by atoms with Gasteiger partial charge >= 0.3 is 0 Å². The summed E-state index contributed by atoms with van der Waals surface area (Å²) >= 11 is 12.0. The second-order valence-electron chi connectivity index (χ2n) is 5.48. The molecule has 0 fully saturated rings. The average Bonchev–Trinajstić information content (AvgIpc) is 2.49. The van der Waals surface area contributed by atoms with E-state index in [1.807, 2.05) is 6.07 Å². The summed E-state index contributed by atoms with van der Waals surface area (Å²) in [5.41, 5.74) is 0.908. The van der Waals surface area contributed by atoms with Crippen LogP contribution in [0, 0.1) is 0 Å². The summed E-state index contributed by atoms with van der Waals surface area (Å²) in [5.74, 6) is -0.252. The minimum absolute atomic E-state index is 0.0761. The van der Waals surface area contributed by atoms with Crippen LogP contribution in [0.5, 0.6) is 0 Å². The topological polar surface area (TPSA) is 49.4 Å². The molecule has 23 heavy (non-hydrogen) atoms. The maximum Gasteiger partial charge on any atom is 0.239 e. The molecule has 0 aliphatic rings. The molecule has 4 nitrogen and oxygen atoms in total. The van der Waals surface area contributed by atoms with Gasteiger partial charge in [0.05, 0.1) is 6.54 Å². The summed E-state index contributed by atoms with van der Waals surface area (Å²) in [6, 6.07) is 5.28. The van der Waals surface area contributed by atoms with Gasteiger partial charge in [-0.15, -0.1) is 0 Å². The largest absolute Gasteiger partial charge is 0.355 e. The first-order valence-electron chi connectivity index (χ1n) is 7.90. The SMILES string of the molecule is CCCCCNC(=O)CN(CCc1ccc(Cl)cc1Cl)C(C)=O. The van der Waals surface area contributed by atoms with E-state index in [2.05, 4.69) is 12.2 Å². The predicted octanol–water partition coefficient (Wildman–Crippen LogP) is 3.69. The van der Waals surface area contributed by atoms with Gasteiger partial charge < -0.3 is 10.2 Å². The summed E-state index contributed by atoms with van der Waals surface area (Å²) in [6.45, 7) is 4.75. The lowest BCUT2D eigenvalue weighted by molar-refractivity contribution is -0.134. The number of benzene rings is 1. The zero-order valence-electron chi connectivity index (χ0n) is 13.7. The Hall–Kier alpha value is -1.26. The molecule has 0 bridgehead atoms. The quantitative estimate of drug-likeness (QED) is 0.684. The van der Waals surface area contributed by atoms with Crippen LogP contribution >= 0.6 is 23.2 Å². The molecule has 0 saturated carbocycles. The molecule has 0 atom stereocenters. The Balaban J connectivity index is 2.48. The average molecular weight is 359 g/mol. The first-order chi connectivity index (χ1) is 10.9. The van der Waals surface area contributed by atoms with Crippen molar-refractivity contribution in [3.05, 3.63) is 33.8 Å². The summed E-state index contributed by atoms with van der Waals surface area (Å²) < 4.78 is 0. The van der Waals surface area contributed by atoms with Crippen LogP contribution in [0.15, 0.2) is 18.2 Å². The molecule has 6 heteroatoms. The number of hydrogen-bond donors (Lipinski definition) is 1. The Morgan fingerprint density at radius 1 is 1.22 bits per heavy atom. The van der Waals surface area contributed by atoms with Gasteiger partial charge in [0.2, 0.25) is 11.8 Å². The third kappa shape index (κ3) is 7.71. The summed E-state index contributed by atoms with van der Waals surface area (Å²) in [5, 5.41) is 4.00. The Labute approximate surface area is 148 Å². The normalized spacial score (nSPS) is 10.4. The van der Waals surface area contributed by atoms with Crippen molar-refractivity contribution in [3.8, 4) is 0 Å². The fraction of sp³-hybridized carbons (Fsp3) is 0.529. The number of carbonyl (C=O) groups excluding carboxylic acids is 2. The summed E-state index contributed by atoms with van der Waals surface area (Å²) in [7, 11) is 0. The van der Waals surface area contributed by atoms with Crippen LogP contribution in [0.1, 0.15) is 38.7 Å². The van der Waals surface area contributed by atoms with Crippen LogP contribution in [0.3, 0.4) is 0 Å². The minimum Gasteiger partial charge on any atom is -0.355 e. The standard InChI is InChI=1S/C17H24Cl2N2O2/c1-3-4-5-9-20-17(23)12-21(13(2)22)10-8-14-6-7-15(18)11-16(14)19/h6-7,11H,3-5,8-10,12H2,1-2H3,(H,20,23). The minimum atomic E-state index is -0.126. The van der Waals surface area contributed by atoms with Crippen molar-refractivity contribution in [1.82, 2.24) is 10.2 Å². The highest BCUT2D eigenvalue weighted by atomic mass is 35.5. The van der Waals surface area contributed by atoms with Gasteiger partial charge in [-0.1, -0.05) is 49.0 Å². The second-order valence-corrected chi connectivity index (χ2v) is 6.33. The highest BCUT2D eigenvalue weighted by Crippen LogP contribution is 2.21. The van der Waals surface area contributed by atoms with Crippen molar-refractivity contribution in [3.63, 3.8) is 0 Å². The lowest BCUT2D eigenvalue weighted by atomic mass is 10.1. The number of carbonyl (C=O) groups is 2. The van der Waals surface area contributed by atoms with E-state index >= 15 is 0 Å². The van der Waals surface area contributed by atoms with E-state index in [1.54, 1.807) is 12.1 Å². The molecule has 0 saturated heterocycles. The number of hydrogen-bond acceptors (Lipinski definition) is 2. The number of amides is 2.